The number of carbonyl (C=O) groups is 1. The van der Waals surface area contributed by atoms with Gasteiger partial charge in [0.15, 0.2) is 0 Å². The van der Waals surface area contributed by atoms with Gasteiger partial charge in [-0.25, -0.2) is 5.43 Å². The normalized spacial score (nSPS) is 11.2. The van der Waals surface area contributed by atoms with Crippen LogP contribution in [0.1, 0.15) is 34.0 Å². The topological polar surface area (TPSA) is 41.5 Å². The molecule has 0 radical (unpaired) electrons. The Bertz CT molecular complexity index is 625. The number of aryl methyl sites for hydroxylation is 2. The lowest BCUT2D eigenvalue weighted by Gasteiger charge is -2.04. The van der Waals surface area contributed by atoms with Crippen molar-refractivity contribution >= 4 is 11.6 Å². The molecule has 0 aromatic heterocycles. The highest BCUT2D eigenvalue weighted by molar-refractivity contribution is 6.00. The van der Waals surface area contributed by atoms with Crippen molar-refractivity contribution in [3.8, 4) is 0 Å². The number of amides is 1. The standard InChI is InChI=1S/C17H18N2O/c1-12-4-8-15(9-5-12)14(3)18-19-17(20)16-10-6-13(2)7-11-16/h4-11H,1-3H3,(H,19,20)/b18-14+. The van der Waals surface area contributed by atoms with Crippen LogP contribution in [0.3, 0.4) is 0 Å². The monoisotopic (exact) mass is 266 g/mol. The number of hydrogen-bond acceptors (Lipinski definition) is 2. The van der Waals surface area contributed by atoms with E-state index < -0.39 is 0 Å². The van der Waals surface area contributed by atoms with Gasteiger partial charge in [-0.2, -0.15) is 5.10 Å². The van der Waals surface area contributed by atoms with E-state index in [1.54, 1.807) is 12.1 Å². The zero-order valence-electron chi connectivity index (χ0n) is 12.0. The lowest BCUT2D eigenvalue weighted by atomic mass is 10.1. The molecule has 3 heteroatoms. The molecule has 0 aliphatic rings. The molecule has 2 rings (SSSR count). The van der Waals surface area contributed by atoms with E-state index in [1.807, 2.05) is 57.2 Å². The molecular weight excluding hydrogens is 248 g/mol. The maximum atomic E-state index is 11.9. The van der Waals surface area contributed by atoms with Crippen LogP contribution >= 0.6 is 0 Å². The second-order valence-electron chi connectivity index (χ2n) is 4.87. The molecule has 1 amide bonds. The van der Waals surface area contributed by atoms with Crippen LogP contribution in [0.25, 0.3) is 0 Å². The van der Waals surface area contributed by atoms with Crippen LogP contribution in [0.5, 0.6) is 0 Å². The average Bonchev–Trinajstić information content (AvgIpc) is 2.46. The van der Waals surface area contributed by atoms with E-state index in [1.165, 1.54) is 5.56 Å². The van der Waals surface area contributed by atoms with Crippen LogP contribution in [-0.2, 0) is 0 Å². The number of hydrogen-bond donors (Lipinski definition) is 1. The molecule has 3 nitrogen and oxygen atoms in total. The van der Waals surface area contributed by atoms with Gasteiger partial charge >= 0.3 is 0 Å². The van der Waals surface area contributed by atoms with E-state index in [2.05, 4.69) is 10.5 Å². The highest BCUT2D eigenvalue weighted by atomic mass is 16.2. The van der Waals surface area contributed by atoms with E-state index in [0.717, 1.165) is 16.8 Å². The third-order valence-electron chi connectivity index (χ3n) is 3.11. The SMILES string of the molecule is C/C(=N\NC(=O)c1ccc(C)cc1)c1ccc(C)cc1. The first-order valence-electron chi connectivity index (χ1n) is 6.54. The molecule has 102 valence electrons. The summed E-state index contributed by atoms with van der Waals surface area (Å²) < 4.78 is 0. The van der Waals surface area contributed by atoms with Crippen LogP contribution in [0.15, 0.2) is 53.6 Å². The summed E-state index contributed by atoms with van der Waals surface area (Å²) in [5.74, 6) is -0.198. The van der Waals surface area contributed by atoms with Crippen molar-refractivity contribution in [2.24, 2.45) is 5.10 Å². The first-order valence-corrected chi connectivity index (χ1v) is 6.54. The van der Waals surface area contributed by atoms with Gasteiger partial charge in [0.05, 0.1) is 5.71 Å². The van der Waals surface area contributed by atoms with Gasteiger partial charge in [0.25, 0.3) is 5.91 Å². The average molecular weight is 266 g/mol. The molecule has 0 aliphatic carbocycles. The van der Waals surface area contributed by atoms with Crippen molar-refractivity contribution in [2.45, 2.75) is 20.8 Å². The van der Waals surface area contributed by atoms with Gasteiger partial charge in [0, 0.05) is 5.56 Å². The van der Waals surface area contributed by atoms with Crippen LogP contribution in [-0.4, -0.2) is 11.6 Å². The smallest absolute Gasteiger partial charge is 0.267 e. The molecule has 2 aromatic carbocycles. The number of nitrogens with zero attached hydrogens (tertiary/aromatic N) is 1. The predicted octanol–water partition coefficient (Wildman–Crippen LogP) is 3.46. The minimum absolute atomic E-state index is 0.198. The van der Waals surface area contributed by atoms with Gasteiger partial charge in [-0.1, -0.05) is 47.5 Å². The first kappa shape index (κ1) is 14.0. The number of benzene rings is 2. The Morgan fingerprint density at radius 3 is 1.80 bits per heavy atom. The molecule has 1 N–H and O–H groups in total. The van der Waals surface area contributed by atoms with Crippen LogP contribution in [0.4, 0.5) is 0 Å². The highest BCUT2D eigenvalue weighted by Crippen LogP contribution is 2.05. The molecule has 0 heterocycles. The third kappa shape index (κ3) is 3.54. The molecule has 0 aliphatic heterocycles. The molecule has 0 bridgehead atoms. The molecular formula is C17H18N2O. The number of rotatable bonds is 3. The Labute approximate surface area is 119 Å². The second-order valence-corrected chi connectivity index (χ2v) is 4.87. The second kappa shape index (κ2) is 6.15. The quantitative estimate of drug-likeness (QED) is 0.671. The lowest BCUT2D eigenvalue weighted by Crippen LogP contribution is -2.19. The molecule has 0 saturated heterocycles. The van der Waals surface area contributed by atoms with E-state index in [-0.39, 0.29) is 5.91 Å². The van der Waals surface area contributed by atoms with Gasteiger partial charge in [-0.15, -0.1) is 0 Å². The van der Waals surface area contributed by atoms with E-state index in [4.69, 9.17) is 0 Å². The number of carbonyl (C=O) groups excluding carboxylic acids is 1. The molecule has 0 fully saturated rings. The molecule has 0 atom stereocenters. The van der Waals surface area contributed by atoms with Crippen molar-refractivity contribution < 1.29 is 4.79 Å². The fraction of sp³-hybridized carbons (Fsp3) is 0.176. The first-order chi connectivity index (χ1) is 9.56. The Hall–Kier alpha value is -2.42. The van der Waals surface area contributed by atoms with E-state index in [0.29, 0.717) is 5.56 Å². The van der Waals surface area contributed by atoms with Crippen molar-refractivity contribution in [2.75, 3.05) is 0 Å². The lowest BCUT2D eigenvalue weighted by molar-refractivity contribution is 0.0955. The molecule has 0 spiro atoms. The number of hydrazone groups is 1. The summed E-state index contributed by atoms with van der Waals surface area (Å²) in [6.45, 7) is 5.90. The fourth-order valence-corrected chi connectivity index (χ4v) is 1.76. The number of nitrogens with one attached hydrogen (secondary N) is 1. The molecule has 2 aromatic rings. The summed E-state index contributed by atoms with van der Waals surface area (Å²) in [6.07, 6.45) is 0. The van der Waals surface area contributed by atoms with Crippen LogP contribution in [0, 0.1) is 13.8 Å². The van der Waals surface area contributed by atoms with Crippen molar-refractivity contribution in [1.29, 1.82) is 0 Å². The zero-order chi connectivity index (χ0) is 14.5. The van der Waals surface area contributed by atoms with Crippen molar-refractivity contribution in [3.63, 3.8) is 0 Å². The summed E-state index contributed by atoms with van der Waals surface area (Å²) in [5.41, 5.74) is 7.30. The van der Waals surface area contributed by atoms with Gasteiger partial charge < -0.3 is 0 Å². The Balaban J connectivity index is 2.06. The van der Waals surface area contributed by atoms with Crippen LogP contribution in [0.2, 0.25) is 0 Å². The Kier molecular flexibility index (Phi) is 4.31. The minimum atomic E-state index is -0.198. The van der Waals surface area contributed by atoms with Gasteiger partial charge in [-0.3, -0.25) is 4.79 Å². The maximum absolute atomic E-state index is 11.9. The largest absolute Gasteiger partial charge is 0.271 e. The molecule has 20 heavy (non-hydrogen) atoms. The summed E-state index contributed by atoms with van der Waals surface area (Å²) in [4.78, 5) is 11.9. The summed E-state index contributed by atoms with van der Waals surface area (Å²) in [7, 11) is 0. The summed E-state index contributed by atoms with van der Waals surface area (Å²) in [6, 6.07) is 15.4. The van der Waals surface area contributed by atoms with Gasteiger partial charge in [0.2, 0.25) is 0 Å². The zero-order valence-corrected chi connectivity index (χ0v) is 12.0. The van der Waals surface area contributed by atoms with Crippen LogP contribution < -0.4 is 5.43 Å². The maximum Gasteiger partial charge on any atom is 0.271 e. The highest BCUT2D eigenvalue weighted by Gasteiger charge is 2.04. The summed E-state index contributed by atoms with van der Waals surface area (Å²) in [5, 5.41) is 4.14. The predicted molar refractivity (Wildman–Crippen MR) is 82.0 cm³/mol. The minimum Gasteiger partial charge on any atom is -0.267 e. The van der Waals surface area contributed by atoms with Crippen molar-refractivity contribution in [1.82, 2.24) is 5.43 Å². The summed E-state index contributed by atoms with van der Waals surface area (Å²) >= 11 is 0. The van der Waals surface area contributed by atoms with Crippen molar-refractivity contribution in [3.05, 3.63) is 70.8 Å². The third-order valence-corrected chi connectivity index (χ3v) is 3.11. The van der Waals surface area contributed by atoms with E-state index in [9.17, 15) is 4.79 Å². The Morgan fingerprint density at radius 1 is 0.850 bits per heavy atom. The fourth-order valence-electron chi connectivity index (χ4n) is 1.76. The van der Waals surface area contributed by atoms with Gasteiger partial charge in [0.1, 0.15) is 0 Å². The molecule has 0 saturated carbocycles. The Morgan fingerprint density at radius 2 is 1.30 bits per heavy atom. The van der Waals surface area contributed by atoms with Gasteiger partial charge in [-0.05, 0) is 38.5 Å². The van der Waals surface area contributed by atoms with E-state index >= 15 is 0 Å². The molecule has 0 unspecified atom stereocenters.